The maximum absolute atomic E-state index is 14.6. The van der Waals surface area contributed by atoms with E-state index in [1.54, 1.807) is 39.8 Å². The summed E-state index contributed by atoms with van der Waals surface area (Å²) in [6.45, 7) is 6.05. The van der Waals surface area contributed by atoms with Crippen LogP contribution in [0.15, 0.2) is 59.7 Å². The number of amides is 5. The van der Waals surface area contributed by atoms with Crippen molar-refractivity contribution in [2.24, 2.45) is 10.9 Å². The minimum Gasteiger partial charge on any atom is -0.494 e. The third-order valence-corrected chi connectivity index (χ3v) is 17.0. The van der Waals surface area contributed by atoms with E-state index < -0.39 is 91.5 Å². The Morgan fingerprint density at radius 1 is 0.821 bits per heavy atom. The lowest BCUT2D eigenvalue weighted by molar-refractivity contribution is -0.147. The van der Waals surface area contributed by atoms with E-state index in [4.69, 9.17) is 25.4 Å². The standard InChI is InChI=1S/C67H91F2N11O15/c1-5-52-39-67(68,69)43-80(52)61(85)40-72-64(89)55-20-24-71-57-19-18-54(37-56(55)57)95-35-9-11-51-21-25-79(26-22-51)66(91)59(38-63(88)92-4)74-65(90)58(13-6-7-23-70-49(3)36-53(83)12-8-10-50-16-14-48(2)15-17-50)73-60(84)41-75-27-28-76(42-62(86)87)30-32-78(45-94-47-82)34-33-77(31-29-75)44-93-46-81/h1,14-20,24,37,46-47,51-52,58-59H,6-13,21-23,25-36,38-45H2,2-4H3,(H,72,89)(H,73,84)(H,74,90)(H,86,87)/t52-,58-,59-/m0/s1. The number of likely N-dealkylation sites (tertiary alicyclic amines) is 2. The fourth-order valence-corrected chi connectivity index (χ4v) is 11.7. The number of fused-ring (bicyclic) bond motifs is 1. The number of rotatable bonds is 35. The predicted octanol–water partition coefficient (Wildman–Crippen LogP) is 3.25. The molecule has 2 aromatic carbocycles. The number of ketones is 1. The van der Waals surface area contributed by atoms with Gasteiger partial charge in [-0.3, -0.25) is 77.5 Å². The molecule has 0 aliphatic carbocycles. The second-order valence-electron chi connectivity index (χ2n) is 24.3. The number of hydrogen-bond acceptors (Lipinski definition) is 20. The minimum atomic E-state index is -3.12. The Morgan fingerprint density at radius 2 is 1.47 bits per heavy atom. The van der Waals surface area contributed by atoms with Gasteiger partial charge < -0.3 is 49.8 Å². The molecule has 0 radical (unpaired) electrons. The number of nitrogens with one attached hydrogen (secondary N) is 3. The van der Waals surface area contributed by atoms with Crippen LogP contribution in [0.1, 0.15) is 105 Å². The SMILES string of the molecule is C#C[C@H]1CC(F)(F)CN1C(=O)CNC(=O)c1ccnc2ccc(OCCCC3CCN(C(=O)[C@H](CC(=O)OC)NC(=O)[C@H](CCCCN=C(C)CC(=O)CCCc4ccc(C)cc4)NC(=O)CN4CCN(COC=O)CCN(COC=O)CCN(CC(=O)O)CC4)CC3)cc12. The van der Waals surface area contributed by atoms with Crippen LogP contribution in [-0.4, -0.2) is 255 Å². The lowest BCUT2D eigenvalue weighted by Gasteiger charge is -2.34. The van der Waals surface area contributed by atoms with Gasteiger partial charge >= 0.3 is 11.9 Å². The van der Waals surface area contributed by atoms with Crippen molar-refractivity contribution in [2.75, 3.05) is 125 Å². The molecule has 95 heavy (non-hydrogen) atoms. The normalized spacial score (nSPS) is 17.8. The molecular formula is C67H91F2N11O15. The molecule has 3 aromatic rings. The highest BCUT2D eigenvalue weighted by Gasteiger charge is 2.46. The number of hydrogen-bond donors (Lipinski definition) is 4. The Morgan fingerprint density at radius 3 is 2.11 bits per heavy atom. The van der Waals surface area contributed by atoms with Gasteiger partial charge in [-0.2, -0.15) is 0 Å². The van der Waals surface area contributed by atoms with Gasteiger partial charge in [-0.1, -0.05) is 35.7 Å². The van der Waals surface area contributed by atoms with Crippen molar-refractivity contribution in [2.45, 2.75) is 121 Å². The van der Waals surface area contributed by atoms with Crippen LogP contribution in [0.4, 0.5) is 8.78 Å². The number of terminal acetylenes is 1. The summed E-state index contributed by atoms with van der Waals surface area (Å²) in [5.74, 6) is -5.09. The Balaban J connectivity index is 1.06. The molecule has 3 saturated heterocycles. The molecule has 1 aromatic heterocycles. The number of aromatic nitrogens is 1. The third kappa shape index (κ3) is 26.3. The Hall–Kier alpha value is -8.52. The highest BCUT2D eigenvalue weighted by molar-refractivity contribution is 6.07. The van der Waals surface area contributed by atoms with Crippen LogP contribution in [0, 0.1) is 25.2 Å². The number of nitrogens with zero attached hydrogens (tertiary/aromatic N) is 8. The minimum absolute atomic E-state index is 0.0413. The number of Topliss-reactive ketones (excluding diaryl/α,β-unsaturated/α-hetero) is 1. The van der Waals surface area contributed by atoms with E-state index in [1.165, 1.54) is 30.5 Å². The summed E-state index contributed by atoms with van der Waals surface area (Å²) in [7, 11) is 1.17. The number of aliphatic carboxylic acids is 1. The zero-order valence-corrected chi connectivity index (χ0v) is 54.7. The molecule has 28 heteroatoms. The van der Waals surface area contributed by atoms with E-state index >= 15 is 0 Å². The Labute approximate surface area is 553 Å². The van der Waals surface area contributed by atoms with Crippen molar-refractivity contribution >= 4 is 76.8 Å². The predicted molar refractivity (Wildman–Crippen MR) is 346 cm³/mol. The number of pyridine rings is 1. The molecule has 3 fully saturated rings. The molecule has 0 bridgehead atoms. The van der Waals surface area contributed by atoms with E-state index in [0.717, 1.165) is 17.7 Å². The van der Waals surface area contributed by atoms with Gasteiger partial charge in [0.25, 0.3) is 24.8 Å². The summed E-state index contributed by atoms with van der Waals surface area (Å²) in [5, 5.41) is 18.4. The number of carbonyl (C=O) groups excluding carboxylic acids is 9. The monoisotopic (exact) mass is 1330 g/mol. The van der Waals surface area contributed by atoms with Crippen LogP contribution < -0.4 is 20.7 Å². The Bertz CT molecular complexity index is 3140. The number of esters is 1. The van der Waals surface area contributed by atoms with Crippen molar-refractivity contribution in [3.8, 4) is 18.1 Å². The quantitative estimate of drug-likeness (QED) is 0.0164. The van der Waals surface area contributed by atoms with Gasteiger partial charge in [0.15, 0.2) is 0 Å². The number of methoxy groups -OCH3 is 1. The smallest absolute Gasteiger partial charge is 0.317 e. The zero-order chi connectivity index (χ0) is 68.7. The number of aryl methyl sites for hydroxylation is 2. The molecular weight excluding hydrogens is 1240 g/mol. The maximum atomic E-state index is 14.6. The molecule has 3 atom stereocenters. The average molecular weight is 1330 g/mol. The number of benzene rings is 2. The largest absolute Gasteiger partial charge is 0.494 e. The first-order chi connectivity index (χ1) is 45.6. The van der Waals surface area contributed by atoms with Crippen LogP contribution in [0.5, 0.6) is 5.75 Å². The first-order valence-corrected chi connectivity index (χ1v) is 32.3. The van der Waals surface area contributed by atoms with E-state index in [2.05, 4.69) is 44.0 Å². The van der Waals surface area contributed by atoms with Crippen LogP contribution in [0.25, 0.3) is 10.9 Å². The van der Waals surface area contributed by atoms with Crippen molar-refractivity contribution < 1.29 is 80.8 Å². The molecule has 3 aliphatic rings. The second-order valence-corrected chi connectivity index (χ2v) is 24.3. The highest BCUT2D eigenvalue weighted by atomic mass is 19.3. The number of halogens is 2. The van der Waals surface area contributed by atoms with Gasteiger partial charge in [-0.25, -0.2) is 8.78 Å². The number of ether oxygens (including phenoxy) is 4. The van der Waals surface area contributed by atoms with Crippen LogP contribution in [0.3, 0.4) is 0 Å². The lowest BCUT2D eigenvalue weighted by Crippen LogP contribution is -2.56. The van der Waals surface area contributed by atoms with Gasteiger partial charge in [0.05, 0.1) is 63.4 Å². The number of unbranched alkanes of at least 4 members (excludes halogenated alkanes) is 1. The zero-order valence-electron chi connectivity index (χ0n) is 54.7. The third-order valence-electron chi connectivity index (χ3n) is 17.0. The number of piperidine rings is 1. The van der Waals surface area contributed by atoms with Crippen molar-refractivity contribution in [1.29, 1.82) is 0 Å². The summed E-state index contributed by atoms with van der Waals surface area (Å²) in [6, 6.07) is 11.1. The second kappa shape index (κ2) is 39.4. The van der Waals surface area contributed by atoms with Gasteiger partial charge in [-0.15, -0.1) is 6.42 Å². The van der Waals surface area contributed by atoms with Gasteiger partial charge in [0.2, 0.25) is 23.6 Å². The number of aliphatic imine (C=N–C) groups is 1. The summed E-state index contributed by atoms with van der Waals surface area (Å²) < 4.78 is 49.2. The number of carboxylic acids is 1. The summed E-state index contributed by atoms with van der Waals surface area (Å²) >= 11 is 0. The molecule has 4 heterocycles. The molecule has 26 nitrogen and oxygen atoms in total. The van der Waals surface area contributed by atoms with Gasteiger partial charge in [0.1, 0.15) is 37.1 Å². The summed E-state index contributed by atoms with van der Waals surface area (Å²) in [6.07, 6.45) is 11.4. The van der Waals surface area contributed by atoms with E-state index in [9.17, 15) is 61.8 Å². The molecule has 3 aliphatic heterocycles. The first kappa shape index (κ1) is 75.5. The van der Waals surface area contributed by atoms with E-state index in [1.807, 2.05) is 28.9 Å². The number of alkyl halides is 2. The van der Waals surface area contributed by atoms with Gasteiger partial charge in [-0.05, 0) is 107 Å². The first-order valence-electron chi connectivity index (χ1n) is 32.3. The molecule has 0 saturated carbocycles. The molecule has 4 N–H and O–H groups in total. The van der Waals surface area contributed by atoms with Crippen LogP contribution >= 0.6 is 0 Å². The fraction of sp³-hybridized carbons (Fsp3) is 0.582. The maximum Gasteiger partial charge on any atom is 0.317 e. The van der Waals surface area contributed by atoms with Crippen LogP contribution in [0.2, 0.25) is 0 Å². The number of carbonyl (C=O) groups is 10. The average Bonchev–Trinajstić information content (AvgIpc) is 1.68. The highest BCUT2D eigenvalue weighted by Crippen LogP contribution is 2.32. The molecule has 518 valence electrons. The molecule has 6 rings (SSSR count). The molecule has 0 spiro atoms. The van der Waals surface area contributed by atoms with Gasteiger partial charge in [0, 0.05) is 109 Å². The summed E-state index contributed by atoms with van der Waals surface area (Å²) in [5.41, 5.74) is 3.69. The Kier molecular flexibility index (Phi) is 31.3. The fourth-order valence-electron chi connectivity index (χ4n) is 11.7. The number of carboxylic acid groups (broad SMARTS) is 1. The summed E-state index contributed by atoms with van der Waals surface area (Å²) in [4.78, 5) is 148. The molecule has 5 amide bonds. The topological polar surface area (TPSA) is 309 Å². The van der Waals surface area contributed by atoms with Crippen molar-refractivity contribution in [3.05, 3.63) is 71.4 Å². The van der Waals surface area contributed by atoms with Crippen molar-refractivity contribution in [3.63, 3.8) is 0 Å². The van der Waals surface area contributed by atoms with E-state index in [-0.39, 0.29) is 82.8 Å². The van der Waals surface area contributed by atoms with Crippen molar-refractivity contribution in [1.82, 2.24) is 50.3 Å². The van der Waals surface area contributed by atoms with E-state index in [0.29, 0.717) is 133 Å². The lowest BCUT2D eigenvalue weighted by atomic mass is 9.92. The molecule has 0 unspecified atom stereocenters. The van der Waals surface area contributed by atoms with Crippen LogP contribution in [-0.2, 0) is 63.8 Å².